The molecule has 0 amide bonds. The summed E-state index contributed by atoms with van der Waals surface area (Å²) in [5.41, 5.74) is 1.48. The van der Waals surface area contributed by atoms with Gasteiger partial charge in [0.2, 0.25) is 0 Å². The molecule has 0 saturated carbocycles. The third-order valence-electron chi connectivity index (χ3n) is 3.34. The average molecular weight is 296 g/mol. The van der Waals surface area contributed by atoms with Gasteiger partial charge in [-0.3, -0.25) is 4.79 Å². The van der Waals surface area contributed by atoms with Crippen LogP contribution < -0.4 is 0 Å². The van der Waals surface area contributed by atoms with Crippen molar-refractivity contribution in [2.75, 3.05) is 6.61 Å². The summed E-state index contributed by atoms with van der Waals surface area (Å²) in [4.78, 5) is 14.3. The van der Waals surface area contributed by atoms with Gasteiger partial charge in [0, 0.05) is 16.2 Å². The van der Waals surface area contributed by atoms with Crippen molar-refractivity contribution in [1.82, 2.24) is 0 Å². The number of unbranched alkanes of at least 4 members (excludes halogenated alkanes) is 1. The molecule has 0 unspecified atom stereocenters. The Balaban J connectivity index is 2.52. The zero-order chi connectivity index (χ0) is 15.1. The maximum atomic E-state index is 11.3. The zero-order valence-electron chi connectivity index (χ0n) is 13.5. The molecule has 0 fully saturated rings. The van der Waals surface area contributed by atoms with Crippen molar-refractivity contribution in [1.29, 1.82) is 0 Å². The van der Waals surface area contributed by atoms with Crippen LogP contribution in [0.15, 0.2) is 6.07 Å². The number of aryl methyl sites for hydroxylation is 1. The van der Waals surface area contributed by atoms with Crippen LogP contribution in [-0.2, 0) is 16.0 Å². The maximum Gasteiger partial charge on any atom is 0.305 e. The van der Waals surface area contributed by atoms with Crippen molar-refractivity contribution in [3.63, 3.8) is 0 Å². The lowest BCUT2D eigenvalue weighted by Crippen LogP contribution is -2.03. The molecule has 1 rings (SSSR count). The summed E-state index contributed by atoms with van der Waals surface area (Å²) < 4.78 is 4.95. The largest absolute Gasteiger partial charge is 0.466 e. The Bertz CT molecular complexity index is 419. The molecule has 0 atom stereocenters. The van der Waals surface area contributed by atoms with Gasteiger partial charge in [-0.2, -0.15) is 0 Å². The van der Waals surface area contributed by atoms with E-state index in [-0.39, 0.29) is 5.97 Å². The number of esters is 1. The summed E-state index contributed by atoms with van der Waals surface area (Å²) in [7, 11) is 0. The van der Waals surface area contributed by atoms with Crippen molar-refractivity contribution < 1.29 is 9.53 Å². The van der Waals surface area contributed by atoms with Gasteiger partial charge >= 0.3 is 5.97 Å². The minimum absolute atomic E-state index is 0.0650. The Morgan fingerprint density at radius 2 is 1.90 bits per heavy atom. The molecule has 0 spiro atoms. The molecule has 2 nitrogen and oxygen atoms in total. The predicted octanol–water partition coefficient (Wildman–Crippen LogP) is 5.27. The number of hydrogen-bond acceptors (Lipinski definition) is 3. The molecule has 0 saturated heterocycles. The summed E-state index contributed by atoms with van der Waals surface area (Å²) in [5, 5.41) is 0. The number of ether oxygens (including phenoxy) is 1. The Hall–Kier alpha value is -0.830. The lowest BCUT2D eigenvalue weighted by Gasteiger charge is -2.06. The van der Waals surface area contributed by atoms with E-state index in [1.54, 1.807) is 0 Å². The van der Waals surface area contributed by atoms with Crippen LogP contribution in [0.4, 0.5) is 0 Å². The molecule has 1 aromatic heterocycles. The van der Waals surface area contributed by atoms with Gasteiger partial charge in [0.1, 0.15) is 0 Å². The molecule has 0 aliphatic rings. The van der Waals surface area contributed by atoms with Crippen LogP contribution in [0.25, 0.3) is 0 Å². The molecule has 20 heavy (non-hydrogen) atoms. The SMILES string of the molecule is CCOC(=O)CCCCc1cc(C(C)C)sc1C(C)C. The fourth-order valence-corrected chi connectivity index (χ4v) is 3.47. The Kier molecular flexibility index (Phi) is 7.28. The molecule has 0 N–H and O–H groups in total. The van der Waals surface area contributed by atoms with Crippen molar-refractivity contribution >= 4 is 17.3 Å². The number of carbonyl (C=O) groups excluding carboxylic acids is 1. The summed E-state index contributed by atoms with van der Waals surface area (Å²) in [6, 6.07) is 2.37. The van der Waals surface area contributed by atoms with Crippen molar-refractivity contribution in [3.05, 3.63) is 21.4 Å². The summed E-state index contributed by atoms with van der Waals surface area (Å²) in [6.07, 6.45) is 3.61. The van der Waals surface area contributed by atoms with Gasteiger partial charge in [0.05, 0.1) is 6.61 Å². The highest BCUT2D eigenvalue weighted by Crippen LogP contribution is 2.34. The predicted molar refractivity (Wildman–Crippen MR) is 86.7 cm³/mol. The van der Waals surface area contributed by atoms with E-state index in [2.05, 4.69) is 33.8 Å². The van der Waals surface area contributed by atoms with E-state index in [1.165, 1.54) is 15.3 Å². The van der Waals surface area contributed by atoms with E-state index < -0.39 is 0 Å². The van der Waals surface area contributed by atoms with Gasteiger partial charge in [-0.25, -0.2) is 0 Å². The number of rotatable bonds is 8. The normalized spacial score (nSPS) is 11.3. The molecule has 0 radical (unpaired) electrons. The Labute approximate surface area is 127 Å². The van der Waals surface area contributed by atoms with E-state index in [4.69, 9.17) is 4.74 Å². The Morgan fingerprint density at radius 1 is 1.20 bits per heavy atom. The van der Waals surface area contributed by atoms with Gasteiger partial charge in [-0.15, -0.1) is 11.3 Å². The molecular formula is C17H28O2S. The topological polar surface area (TPSA) is 26.3 Å². The average Bonchev–Trinajstić information content (AvgIpc) is 2.79. The molecule has 0 bridgehead atoms. The first-order valence-electron chi connectivity index (χ1n) is 7.73. The van der Waals surface area contributed by atoms with E-state index in [0.29, 0.717) is 24.9 Å². The number of thiophene rings is 1. The lowest BCUT2D eigenvalue weighted by atomic mass is 10.0. The van der Waals surface area contributed by atoms with E-state index >= 15 is 0 Å². The highest BCUT2D eigenvalue weighted by molar-refractivity contribution is 7.12. The minimum atomic E-state index is -0.0650. The summed E-state index contributed by atoms with van der Waals surface area (Å²) in [5.74, 6) is 1.13. The molecule has 0 aliphatic carbocycles. The van der Waals surface area contributed by atoms with Crippen LogP contribution >= 0.6 is 11.3 Å². The number of carbonyl (C=O) groups is 1. The van der Waals surface area contributed by atoms with Crippen LogP contribution in [0.5, 0.6) is 0 Å². The van der Waals surface area contributed by atoms with Gasteiger partial charge in [-0.05, 0) is 49.7 Å². The number of hydrogen-bond donors (Lipinski definition) is 0. The molecular weight excluding hydrogens is 268 g/mol. The van der Waals surface area contributed by atoms with Crippen LogP contribution in [0, 0.1) is 0 Å². The van der Waals surface area contributed by atoms with E-state index in [0.717, 1.165) is 19.3 Å². The van der Waals surface area contributed by atoms with Crippen molar-refractivity contribution in [2.24, 2.45) is 0 Å². The smallest absolute Gasteiger partial charge is 0.305 e. The quantitative estimate of drug-likeness (QED) is 0.482. The van der Waals surface area contributed by atoms with Gasteiger partial charge in [0.25, 0.3) is 0 Å². The highest BCUT2D eigenvalue weighted by Gasteiger charge is 2.14. The van der Waals surface area contributed by atoms with Gasteiger partial charge in [0.15, 0.2) is 0 Å². The van der Waals surface area contributed by atoms with E-state index in [9.17, 15) is 4.79 Å². The summed E-state index contributed by atoms with van der Waals surface area (Å²) in [6.45, 7) is 11.4. The standard InChI is InChI=1S/C17H28O2S/c1-6-19-16(18)10-8-7-9-14-11-15(12(2)3)20-17(14)13(4)5/h11-13H,6-10H2,1-5H3. The third-order valence-corrected chi connectivity index (χ3v) is 5.12. The van der Waals surface area contributed by atoms with Gasteiger partial charge in [-0.1, -0.05) is 27.7 Å². The van der Waals surface area contributed by atoms with Crippen LogP contribution in [0.1, 0.15) is 81.0 Å². The van der Waals surface area contributed by atoms with Gasteiger partial charge < -0.3 is 4.74 Å². The third kappa shape index (κ3) is 5.28. The van der Waals surface area contributed by atoms with Crippen LogP contribution in [0.2, 0.25) is 0 Å². The van der Waals surface area contributed by atoms with Crippen LogP contribution in [-0.4, -0.2) is 12.6 Å². The second-order valence-corrected chi connectivity index (χ2v) is 6.98. The fraction of sp³-hybridized carbons (Fsp3) is 0.706. The van der Waals surface area contributed by atoms with E-state index in [1.807, 2.05) is 18.3 Å². The molecule has 114 valence electrons. The first-order chi connectivity index (χ1) is 9.45. The summed E-state index contributed by atoms with van der Waals surface area (Å²) >= 11 is 1.96. The first kappa shape index (κ1) is 17.2. The molecule has 0 aromatic carbocycles. The first-order valence-corrected chi connectivity index (χ1v) is 8.55. The molecule has 0 aliphatic heterocycles. The van der Waals surface area contributed by atoms with Crippen molar-refractivity contribution in [3.8, 4) is 0 Å². The maximum absolute atomic E-state index is 11.3. The minimum Gasteiger partial charge on any atom is -0.466 e. The molecule has 1 aromatic rings. The second kappa shape index (κ2) is 8.46. The lowest BCUT2D eigenvalue weighted by molar-refractivity contribution is -0.143. The second-order valence-electron chi connectivity index (χ2n) is 5.86. The van der Waals surface area contributed by atoms with Crippen LogP contribution in [0.3, 0.4) is 0 Å². The fourth-order valence-electron chi connectivity index (χ4n) is 2.25. The highest BCUT2D eigenvalue weighted by atomic mass is 32.1. The Morgan fingerprint density at radius 3 is 2.45 bits per heavy atom. The molecule has 3 heteroatoms. The molecule has 1 heterocycles. The van der Waals surface area contributed by atoms with Crippen molar-refractivity contribution in [2.45, 2.75) is 72.1 Å². The monoisotopic (exact) mass is 296 g/mol. The zero-order valence-corrected chi connectivity index (χ0v) is 14.3.